The fourth-order valence-electron chi connectivity index (χ4n) is 1.27. The van der Waals surface area contributed by atoms with Gasteiger partial charge in [-0.3, -0.25) is 0 Å². The van der Waals surface area contributed by atoms with E-state index in [0.717, 1.165) is 0 Å². The van der Waals surface area contributed by atoms with E-state index >= 15 is 0 Å². The standard InChI is InChI=1S/C12H22/c1-5-7-11(3)9-10-12(4)8-6-2/h9,11H,5-8H2,1-4H3. The third-order valence-corrected chi connectivity index (χ3v) is 1.98. The average Bonchev–Trinajstić information content (AvgIpc) is 2.02. The lowest BCUT2D eigenvalue weighted by molar-refractivity contribution is 0.634. The summed E-state index contributed by atoms with van der Waals surface area (Å²) in [6, 6.07) is 0. The molecule has 1 atom stereocenters. The number of allylic oxidation sites excluding steroid dienone is 1. The molecule has 70 valence electrons. The lowest BCUT2D eigenvalue weighted by Gasteiger charge is -2.00. The molecule has 0 aliphatic carbocycles. The van der Waals surface area contributed by atoms with Crippen molar-refractivity contribution in [2.75, 3.05) is 0 Å². The molecule has 0 fully saturated rings. The zero-order valence-corrected chi connectivity index (χ0v) is 8.98. The Balaban J connectivity index is 3.91. The van der Waals surface area contributed by atoms with Crippen molar-refractivity contribution in [1.29, 1.82) is 0 Å². The Morgan fingerprint density at radius 1 is 1.33 bits per heavy atom. The SMILES string of the molecule is CCCC(C)=C=CC(C)CCC. The molecule has 0 aliphatic rings. The smallest absolute Gasteiger partial charge is 0.0186 e. The summed E-state index contributed by atoms with van der Waals surface area (Å²) < 4.78 is 0. The van der Waals surface area contributed by atoms with Crippen LogP contribution >= 0.6 is 0 Å². The predicted octanol–water partition coefficient (Wildman–Crippen LogP) is 4.32. The van der Waals surface area contributed by atoms with Crippen LogP contribution in [0.3, 0.4) is 0 Å². The van der Waals surface area contributed by atoms with Crippen molar-refractivity contribution in [3.63, 3.8) is 0 Å². The summed E-state index contributed by atoms with van der Waals surface area (Å²) in [5.41, 5.74) is 4.75. The lowest BCUT2D eigenvalue weighted by Crippen LogP contribution is -1.86. The van der Waals surface area contributed by atoms with E-state index in [2.05, 4.69) is 39.5 Å². The molecule has 0 aromatic carbocycles. The van der Waals surface area contributed by atoms with Crippen LogP contribution in [0.2, 0.25) is 0 Å². The van der Waals surface area contributed by atoms with Gasteiger partial charge in [-0.25, -0.2) is 0 Å². The van der Waals surface area contributed by atoms with Crippen molar-refractivity contribution in [2.45, 2.75) is 53.4 Å². The molecule has 0 saturated heterocycles. The summed E-state index contributed by atoms with van der Waals surface area (Å²) in [4.78, 5) is 0. The molecule has 0 heteroatoms. The molecular formula is C12H22. The third-order valence-electron chi connectivity index (χ3n) is 1.98. The Kier molecular flexibility index (Phi) is 6.90. The van der Waals surface area contributed by atoms with E-state index in [0.29, 0.717) is 5.92 Å². The Hall–Kier alpha value is -0.480. The van der Waals surface area contributed by atoms with Crippen molar-refractivity contribution < 1.29 is 0 Å². The Morgan fingerprint density at radius 3 is 2.50 bits per heavy atom. The van der Waals surface area contributed by atoms with Gasteiger partial charge in [-0.2, -0.15) is 0 Å². The molecule has 0 radical (unpaired) electrons. The molecule has 0 aliphatic heterocycles. The molecule has 0 saturated carbocycles. The third kappa shape index (κ3) is 6.24. The maximum atomic E-state index is 3.36. The number of hydrogen-bond acceptors (Lipinski definition) is 0. The molecule has 0 rings (SSSR count). The van der Waals surface area contributed by atoms with Crippen LogP contribution in [-0.4, -0.2) is 0 Å². The van der Waals surface area contributed by atoms with Gasteiger partial charge in [-0.15, -0.1) is 5.73 Å². The fourth-order valence-corrected chi connectivity index (χ4v) is 1.27. The van der Waals surface area contributed by atoms with Gasteiger partial charge < -0.3 is 0 Å². The molecule has 0 aromatic heterocycles. The van der Waals surface area contributed by atoms with Crippen molar-refractivity contribution in [1.82, 2.24) is 0 Å². The van der Waals surface area contributed by atoms with E-state index < -0.39 is 0 Å². The molecule has 0 N–H and O–H groups in total. The summed E-state index contributed by atoms with van der Waals surface area (Å²) in [6.07, 6.45) is 7.19. The van der Waals surface area contributed by atoms with Crippen LogP contribution in [0.25, 0.3) is 0 Å². The number of hydrogen-bond donors (Lipinski definition) is 0. The molecule has 0 nitrogen and oxygen atoms in total. The summed E-state index contributed by atoms with van der Waals surface area (Å²) in [5, 5.41) is 0. The highest BCUT2D eigenvalue weighted by Gasteiger charge is 1.92. The second-order valence-electron chi connectivity index (χ2n) is 3.61. The van der Waals surface area contributed by atoms with Gasteiger partial charge in [0.1, 0.15) is 0 Å². The fraction of sp³-hybridized carbons (Fsp3) is 0.750. The van der Waals surface area contributed by atoms with E-state index in [1.165, 1.54) is 31.3 Å². The predicted molar refractivity (Wildman–Crippen MR) is 56.3 cm³/mol. The summed E-state index contributed by atoms with van der Waals surface area (Å²) in [7, 11) is 0. The molecule has 0 aromatic rings. The minimum Gasteiger partial charge on any atom is -0.126 e. The van der Waals surface area contributed by atoms with Crippen molar-refractivity contribution in [3.8, 4) is 0 Å². The largest absolute Gasteiger partial charge is 0.126 e. The van der Waals surface area contributed by atoms with Crippen LogP contribution in [0.5, 0.6) is 0 Å². The van der Waals surface area contributed by atoms with Crippen molar-refractivity contribution in [3.05, 3.63) is 17.4 Å². The first-order chi connectivity index (χ1) is 5.70. The molecule has 1 unspecified atom stereocenters. The number of rotatable bonds is 5. The second-order valence-corrected chi connectivity index (χ2v) is 3.61. The summed E-state index contributed by atoms with van der Waals surface area (Å²) >= 11 is 0. The minimum atomic E-state index is 0.696. The van der Waals surface area contributed by atoms with Crippen molar-refractivity contribution in [2.24, 2.45) is 5.92 Å². The van der Waals surface area contributed by atoms with Gasteiger partial charge in [0.2, 0.25) is 0 Å². The zero-order valence-electron chi connectivity index (χ0n) is 8.98. The van der Waals surface area contributed by atoms with Gasteiger partial charge in [0.25, 0.3) is 0 Å². The molecule has 0 heterocycles. The molecule has 12 heavy (non-hydrogen) atoms. The highest BCUT2D eigenvalue weighted by molar-refractivity contribution is 4.99. The quantitative estimate of drug-likeness (QED) is 0.533. The molecule has 0 spiro atoms. The van der Waals surface area contributed by atoms with Gasteiger partial charge >= 0.3 is 0 Å². The first-order valence-electron chi connectivity index (χ1n) is 5.13. The lowest BCUT2D eigenvalue weighted by atomic mass is 10.1. The van der Waals surface area contributed by atoms with Crippen LogP contribution in [0, 0.1) is 5.92 Å². The average molecular weight is 166 g/mol. The normalized spacial score (nSPS) is 12.0. The van der Waals surface area contributed by atoms with Crippen LogP contribution in [-0.2, 0) is 0 Å². The summed E-state index contributed by atoms with van der Waals surface area (Å²) in [6.45, 7) is 8.86. The van der Waals surface area contributed by atoms with E-state index in [4.69, 9.17) is 0 Å². The van der Waals surface area contributed by atoms with E-state index in [1.54, 1.807) is 0 Å². The van der Waals surface area contributed by atoms with Crippen LogP contribution in [0.1, 0.15) is 53.4 Å². The maximum Gasteiger partial charge on any atom is -0.0186 e. The van der Waals surface area contributed by atoms with E-state index in [9.17, 15) is 0 Å². The van der Waals surface area contributed by atoms with E-state index in [1.807, 2.05) is 0 Å². The molecule has 0 amide bonds. The summed E-state index contributed by atoms with van der Waals surface area (Å²) in [5.74, 6) is 0.696. The van der Waals surface area contributed by atoms with E-state index in [-0.39, 0.29) is 0 Å². The van der Waals surface area contributed by atoms with Gasteiger partial charge in [0.15, 0.2) is 0 Å². The first kappa shape index (κ1) is 11.5. The first-order valence-corrected chi connectivity index (χ1v) is 5.13. The monoisotopic (exact) mass is 166 g/mol. The molecular weight excluding hydrogens is 144 g/mol. The van der Waals surface area contributed by atoms with Crippen LogP contribution < -0.4 is 0 Å². The Morgan fingerprint density at radius 2 is 2.00 bits per heavy atom. The minimum absolute atomic E-state index is 0.696. The zero-order chi connectivity index (χ0) is 9.40. The topological polar surface area (TPSA) is 0 Å². The highest BCUT2D eigenvalue weighted by Crippen LogP contribution is 2.07. The Labute approximate surface area is 77.4 Å². The van der Waals surface area contributed by atoms with Gasteiger partial charge in [0.05, 0.1) is 0 Å². The van der Waals surface area contributed by atoms with Gasteiger partial charge in [0, 0.05) is 0 Å². The Bertz CT molecular complexity index is 159. The van der Waals surface area contributed by atoms with Gasteiger partial charge in [-0.1, -0.05) is 33.6 Å². The highest BCUT2D eigenvalue weighted by atomic mass is 14.0. The van der Waals surface area contributed by atoms with Crippen molar-refractivity contribution >= 4 is 0 Å². The van der Waals surface area contributed by atoms with Crippen LogP contribution in [0.4, 0.5) is 0 Å². The second kappa shape index (κ2) is 7.18. The van der Waals surface area contributed by atoms with Gasteiger partial charge in [-0.05, 0) is 37.3 Å². The van der Waals surface area contributed by atoms with Crippen LogP contribution in [0.15, 0.2) is 17.4 Å². The maximum absolute atomic E-state index is 3.36. The molecule has 0 bridgehead atoms.